The second-order valence-electron chi connectivity index (χ2n) is 7.50. The molecule has 0 amide bonds. The zero-order valence-corrected chi connectivity index (χ0v) is 20.2. The lowest BCUT2D eigenvalue weighted by molar-refractivity contribution is 0.350. The van der Waals surface area contributed by atoms with E-state index in [0.717, 1.165) is 0 Å². The molecule has 0 aliphatic heterocycles. The standard InChI is InChI=1S/C28H23N2O4P/c1-32-23-17-18-26(28(19-23)33-2)27(20-29)21-13-15-22(16-14-21)30-34-35(31,24-9-5-3-6-10-24)25-11-7-4-8-12-25/h3-19H,1-2H3. The van der Waals surface area contributed by atoms with Crippen LogP contribution in [-0.4, -0.2) is 19.9 Å². The predicted octanol–water partition coefficient (Wildman–Crippen LogP) is 5.41. The minimum atomic E-state index is -3.45. The first-order chi connectivity index (χ1) is 17.1. The number of nitrogens with zero attached hydrogens (tertiary/aromatic N) is 2. The number of rotatable bonds is 7. The Bertz CT molecular complexity index is 1360. The zero-order chi connectivity index (χ0) is 24.7. The first kappa shape index (κ1) is 23.8. The Hall–Kier alpha value is -4.33. The second-order valence-corrected chi connectivity index (χ2v) is 9.79. The van der Waals surface area contributed by atoms with E-state index in [0.29, 0.717) is 44.5 Å². The van der Waals surface area contributed by atoms with Gasteiger partial charge >= 0.3 is 7.37 Å². The minimum absolute atomic E-state index is 0.441. The molecule has 174 valence electrons. The van der Waals surface area contributed by atoms with E-state index in [9.17, 15) is 9.83 Å². The van der Waals surface area contributed by atoms with Crippen LogP contribution >= 0.6 is 7.37 Å². The Balaban J connectivity index is 1.64. The molecule has 35 heavy (non-hydrogen) atoms. The smallest absolute Gasteiger partial charge is 0.330 e. The Labute approximate surface area is 204 Å². The van der Waals surface area contributed by atoms with Gasteiger partial charge in [-0.15, -0.1) is 0 Å². The normalized spacial score (nSPS) is 12.6. The number of hydrogen-bond donors (Lipinski definition) is 0. The molecule has 6 nitrogen and oxygen atoms in total. The molecular formula is C28H23N2O4P. The van der Waals surface area contributed by atoms with Crippen molar-refractivity contribution in [2.24, 2.45) is 5.16 Å². The number of allylic oxidation sites excluding steroid dienone is 6. The van der Waals surface area contributed by atoms with Crippen molar-refractivity contribution in [1.82, 2.24) is 0 Å². The molecule has 1 aliphatic rings. The van der Waals surface area contributed by atoms with Gasteiger partial charge in [0.1, 0.15) is 23.3 Å². The molecule has 0 saturated carbocycles. The van der Waals surface area contributed by atoms with Gasteiger partial charge in [0.05, 0.1) is 30.4 Å². The lowest BCUT2D eigenvalue weighted by Crippen LogP contribution is -2.17. The Morgan fingerprint density at radius 3 is 1.94 bits per heavy atom. The lowest BCUT2D eigenvalue weighted by atomic mass is 9.96. The van der Waals surface area contributed by atoms with Crippen molar-refractivity contribution in [2.75, 3.05) is 14.2 Å². The van der Waals surface area contributed by atoms with Crippen LogP contribution in [0.15, 0.2) is 114 Å². The van der Waals surface area contributed by atoms with Gasteiger partial charge in [0.15, 0.2) is 0 Å². The summed E-state index contributed by atoms with van der Waals surface area (Å²) in [5.74, 6) is 1.17. The molecule has 0 spiro atoms. The molecule has 0 atom stereocenters. The monoisotopic (exact) mass is 482 g/mol. The molecule has 4 rings (SSSR count). The van der Waals surface area contributed by atoms with E-state index in [1.807, 2.05) is 36.4 Å². The third-order valence-corrected chi connectivity index (χ3v) is 7.67. The van der Waals surface area contributed by atoms with E-state index in [1.165, 1.54) is 0 Å². The highest BCUT2D eigenvalue weighted by molar-refractivity contribution is 7.74. The number of oxime groups is 1. The Kier molecular flexibility index (Phi) is 7.30. The van der Waals surface area contributed by atoms with Gasteiger partial charge in [-0.3, -0.25) is 4.57 Å². The fraction of sp³-hybridized carbons (Fsp3) is 0.0714. The maximum Gasteiger partial charge on any atom is 0.330 e. The number of ether oxygens (including phenoxy) is 2. The molecule has 0 unspecified atom stereocenters. The third-order valence-electron chi connectivity index (χ3n) is 5.40. The summed E-state index contributed by atoms with van der Waals surface area (Å²) in [5.41, 5.74) is 2.25. The van der Waals surface area contributed by atoms with Gasteiger partial charge in [0.2, 0.25) is 0 Å². The average molecular weight is 482 g/mol. The lowest BCUT2D eigenvalue weighted by Gasteiger charge is -2.17. The molecule has 0 bridgehead atoms. The van der Waals surface area contributed by atoms with Crippen molar-refractivity contribution < 1.29 is 18.7 Å². The molecule has 0 fully saturated rings. The fourth-order valence-electron chi connectivity index (χ4n) is 3.57. The van der Waals surface area contributed by atoms with Crippen molar-refractivity contribution in [2.45, 2.75) is 0 Å². The third kappa shape index (κ3) is 5.11. The number of hydrogen-bond acceptors (Lipinski definition) is 6. The number of nitriles is 1. The number of methoxy groups -OCH3 is 2. The molecular weight excluding hydrogens is 459 g/mol. The molecule has 3 aromatic carbocycles. The van der Waals surface area contributed by atoms with E-state index in [-0.39, 0.29) is 0 Å². The molecule has 0 heterocycles. The van der Waals surface area contributed by atoms with Crippen molar-refractivity contribution in [3.05, 3.63) is 114 Å². The molecule has 3 aromatic rings. The summed E-state index contributed by atoms with van der Waals surface area (Å²) in [7, 11) is -0.328. The van der Waals surface area contributed by atoms with E-state index in [4.69, 9.17) is 14.1 Å². The summed E-state index contributed by atoms with van der Waals surface area (Å²) in [6.07, 6.45) is 6.95. The molecule has 0 radical (unpaired) electrons. The van der Waals surface area contributed by atoms with E-state index in [2.05, 4.69) is 11.2 Å². The molecule has 1 aliphatic carbocycles. The maximum absolute atomic E-state index is 13.9. The van der Waals surface area contributed by atoms with Crippen LogP contribution < -0.4 is 20.1 Å². The summed E-state index contributed by atoms with van der Waals surface area (Å²) in [6, 6.07) is 25.6. The highest BCUT2D eigenvalue weighted by Gasteiger charge is 2.30. The summed E-state index contributed by atoms with van der Waals surface area (Å²) in [4.78, 5) is 0. The first-order valence-electron chi connectivity index (χ1n) is 10.8. The van der Waals surface area contributed by atoms with Crippen molar-refractivity contribution in [3.63, 3.8) is 0 Å². The maximum atomic E-state index is 13.9. The molecule has 0 aromatic heterocycles. The Morgan fingerprint density at radius 2 is 1.43 bits per heavy atom. The molecule has 0 N–H and O–H groups in total. The zero-order valence-electron chi connectivity index (χ0n) is 19.3. The SMILES string of the molecule is COc1ccc(C(C#N)=C2C=CC(=NOP(=O)(c3ccccc3)c3ccccc3)C=C2)c(OC)c1. The van der Waals surface area contributed by atoms with Gasteiger partial charge in [0, 0.05) is 11.6 Å². The van der Waals surface area contributed by atoms with Gasteiger partial charge in [0.25, 0.3) is 0 Å². The van der Waals surface area contributed by atoms with E-state index >= 15 is 0 Å². The van der Waals surface area contributed by atoms with Gasteiger partial charge in [-0.1, -0.05) is 53.7 Å². The second kappa shape index (κ2) is 10.7. The van der Waals surface area contributed by atoms with Crippen LogP contribution in [0.25, 0.3) is 5.57 Å². The highest BCUT2D eigenvalue weighted by Crippen LogP contribution is 2.45. The quantitative estimate of drug-likeness (QED) is 0.256. The average Bonchev–Trinajstić information content (AvgIpc) is 2.94. The van der Waals surface area contributed by atoms with Crippen molar-refractivity contribution >= 4 is 29.3 Å². The highest BCUT2D eigenvalue weighted by atomic mass is 31.2. The summed E-state index contributed by atoms with van der Waals surface area (Å²) < 4.78 is 30.4. The first-order valence-corrected chi connectivity index (χ1v) is 12.4. The largest absolute Gasteiger partial charge is 0.497 e. The van der Waals surface area contributed by atoms with Gasteiger partial charge in [-0.25, -0.2) is 0 Å². The predicted molar refractivity (Wildman–Crippen MR) is 139 cm³/mol. The van der Waals surface area contributed by atoms with Gasteiger partial charge < -0.3 is 14.1 Å². The Morgan fingerprint density at radius 1 is 0.829 bits per heavy atom. The molecule has 0 saturated heterocycles. The van der Waals surface area contributed by atoms with Gasteiger partial charge in [-0.05, 0) is 54.1 Å². The topological polar surface area (TPSA) is 80.9 Å². The van der Waals surface area contributed by atoms with Crippen LogP contribution in [0.5, 0.6) is 11.5 Å². The minimum Gasteiger partial charge on any atom is -0.497 e. The van der Waals surface area contributed by atoms with E-state index < -0.39 is 7.37 Å². The summed E-state index contributed by atoms with van der Waals surface area (Å²) in [6.45, 7) is 0. The summed E-state index contributed by atoms with van der Waals surface area (Å²) in [5, 5.41) is 15.1. The van der Waals surface area contributed by atoms with Crippen molar-refractivity contribution in [3.8, 4) is 17.6 Å². The summed E-state index contributed by atoms with van der Waals surface area (Å²) >= 11 is 0. The molecule has 7 heteroatoms. The van der Waals surface area contributed by atoms with E-state index in [1.54, 1.807) is 81.0 Å². The van der Waals surface area contributed by atoms with Crippen LogP contribution in [0.1, 0.15) is 5.56 Å². The van der Waals surface area contributed by atoms with Crippen LogP contribution in [0, 0.1) is 11.3 Å². The van der Waals surface area contributed by atoms with Crippen LogP contribution in [0.4, 0.5) is 0 Å². The number of benzene rings is 3. The fourth-order valence-corrected chi connectivity index (χ4v) is 5.40. The van der Waals surface area contributed by atoms with Crippen LogP contribution in [0.2, 0.25) is 0 Å². The van der Waals surface area contributed by atoms with Crippen molar-refractivity contribution in [1.29, 1.82) is 5.26 Å². The van der Waals surface area contributed by atoms with Gasteiger partial charge in [-0.2, -0.15) is 5.26 Å². The van der Waals surface area contributed by atoms with Crippen LogP contribution in [-0.2, 0) is 9.19 Å². The van der Waals surface area contributed by atoms with Crippen LogP contribution in [0.3, 0.4) is 0 Å².